The first-order chi connectivity index (χ1) is 15.8. The molecule has 0 fully saturated rings. The Bertz CT molecular complexity index is 1120. The smallest absolute Gasteiger partial charge is 0.244 e. The Morgan fingerprint density at radius 1 is 1.06 bits per heavy atom. The van der Waals surface area contributed by atoms with Crippen LogP contribution in [0.1, 0.15) is 43.9 Å². The lowest BCUT2D eigenvalue weighted by molar-refractivity contribution is -0.139. The van der Waals surface area contributed by atoms with Crippen LogP contribution in [0.4, 0.5) is 5.69 Å². The van der Waals surface area contributed by atoms with Gasteiger partial charge in [-0.2, -0.15) is 0 Å². The van der Waals surface area contributed by atoms with Crippen LogP contribution in [0.2, 0.25) is 0 Å². The molecule has 2 atom stereocenters. The molecule has 2 aromatic rings. The number of benzene rings is 2. The van der Waals surface area contributed by atoms with Crippen molar-refractivity contribution in [1.82, 2.24) is 10.2 Å². The molecule has 0 unspecified atom stereocenters. The summed E-state index contributed by atoms with van der Waals surface area (Å²) in [6, 6.07) is 12.0. The minimum Gasteiger partial charge on any atom is -0.352 e. The summed E-state index contributed by atoms with van der Waals surface area (Å²) >= 11 is 3.40. The predicted octanol–water partition coefficient (Wildman–Crippen LogP) is 4.16. The van der Waals surface area contributed by atoms with Crippen LogP contribution in [0.5, 0.6) is 0 Å². The summed E-state index contributed by atoms with van der Waals surface area (Å²) in [4.78, 5) is 27.9. The summed E-state index contributed by atoms with van der Waals surface area (Å²) in [5, 5.41) is 2.92. The number of anilines is 1. The molecular weight excluding hydrogens is 518 g/mol. The number of halogens is 1. The maximum Gasteiger partial charge on any atom is 0.244 e. The molecule has 0 radical (unpaired) electrons. The van der Waals surface area contributed by atoms with E-state index in [0.717, 1.165) is 38.1 Å². The zero-order chi connectivity index (χ0) is 25.6. The molecule has 0 heterocycles. The number of sulfonamides is 1. The lowest BCUT2D eigenvalue weighted by Gasteiger charge is -2.32. The van der Waals surface area contributed by atoms with Crippen LogP contribution in [0.3, 0.4) is 0 Å². The molecule has 2 rings (SSSR count). The fourth-order valence-electron chi connectivity index (χ4n) is 3.51. The van der Waals surface area contributed by atoms with E-state index in [1.807, 2.05) is 64.1 Å². The molecule has 0 bridgehead atoms. The molecule has 1 N–H and O–H groups in total. The van der Waals surface area contributed by atoms with Gasteiger partial charge >= 0.3 is 0 Å². The number of hydrogen-bond donors (Lipinski definition) is 1. The van der Waals surface area contributed by atoms with Crippen LogP contribution in [0.15, 0.2) is 46.9 Å². The third-order valence-corrected chi connectivity index (χ3v) is 7.39. The van der Waals surface area contributed by atoms with E-state index in [1.54, 1.807) is 13.0 Å². The molecule has 0 aliphatic heterocycles. The van der Waals surface area contributed by atoms with Crippen LogP contribution < -0.4 is 9.62 Å². The van der Waals surface area contributed by atoms with Crippen molar-refractivity contribution in [2.45, 2.75) is 59.7 Å². The topological polar surface area (TPSA) is 86.8 Å². The van der Waals surface area contributed by atoms with Gasteiger partial charge in [0, 0.05) is 17.1 Å². The predicted molar refractivity (Wildman–Crippen MR) is 140 cm³/mol. The summed E-state index contributed by atoms with van der Waals surface area (Å²) in [6.45, 7) is 9.03. The molecule has 186 valence electrons. The number of carbonyl (C=O) groups is 2. The summed E-state index contributed by atoms with van der Waals surface area (Å²) in [6.07, 6.45) is 1.84. The van der Waals surface area contributed by atoms with E-state index in [1.165, 1.54) is 4.90 Å². The van der Waals surface area contributed by atoms with Crippen molar-refractivity contribution in [3.63, 3.8) is 0 Å². The molecule has 7 nitrogen and oxygen atoms in total. The van der Waals surface area contributed by atoms with E-state index < -0.39 is 28.5 Å². The molecule has 0 saturated heterocycles. The van der Waals surface area contributed by atoms with Crippen LogP contribution in [0, 0.1) is 13.8 Å². The fourth-order valence-corrected chi connectivity index (χ4v) is 4.69. The number of amides is 2. The van der Waals surface area contributed by atoms with Crippen molar-refractivity contribution in [3.05, 3.63) is 63.6 Å². The average Bonchev–Trinajstić information content (AvgIpc) is 2.76. The van der Waals surface area contributed by atoms with E-state index in [2.05, 4.69) is 21.2 Å². The van der Waals surface area contributed by atoms with Gasteiger partial charge in [0.15, 0.2) is 0 Å². The van der Waals surface area contributed by atoms with Crippen molar-refractivity contribution < 1.29 is 18.0 Å². The Hall–Kier alpha value is -2.39. The molecule has 2 amide bonds. The second-order valence-corrected chi connectivity index (χ2v) is 11.5. The Labute approximate surface area is 211 Å². The number of aryl methyl sites for hydroxylation is 2. The molecule has 34 heavy (non-hydrogen) atoms. The van der Waals surface area contributed by atoms with Crippen LogP contribution in [-0.2, 0) is 26.2 Å². The summed E-state index contributed by atoms with van der Waals surface area (Å²) < 4.78 is 27.4. The highest BCUT2D eigenvalue weighted by atomic mass is 79.9. The van der Waals surface area contributed by atoms with Crippen LogP contribution in [-0.4, -0.2) is 50.0 Å². The van der Waals surface area contributed by atoms with Crippen molar-refractivity contribution in [1.29, 1.82) is 0 Å². The summed E-state index contributed by atoms with van der Waals surface area (Å²) in [5.74, 6) is -0.739. The quantitative estimate of drug-likeness (QED) is 0.480. The fraction of sp³-hybridized carbons (Fsp3) is 0.440. The zero-order valence-electron chi connectivity index (χ0n) is 20.6. The number of carbonyl (C=O) groups excluding carboxylic acids is 2. The molecule has 0 spiro atoms. The number of nitrogens with one attached hydrogen (secondary N) is 1. The van der Waals surface area contributed by atoms with Crippen molar-refractivity contribution >= 4 is 43.5 Å². The second kappa shape index (κ2) is 11.8. The maximum atomic E-state index is 13.6. The molecule has 2 aromatic carbocycles. The van der Waals surface area contributed by atoms with E-state index >= 15 is 0 Å². The normalized spacial score (nSPS) is 13.1. The SMILES string of the molecule is CC[C@H](C)NC(=O)[C@@H](C)N(Cc1ccc(Br)cc1)C(=O)CN(c1ccc(C)cc1C)S(C)(=O)=O. The van der Waals surface area contributed by atoms with Crippen molar-refractivity contribution in [3.8, 4) is 0 Å². The summed E-state index contributed by atoms with van der Waals surface area (Å²) in [5.41, 5.74) is 3.02. The molecule has 9 heteroatoms. The van der Waals surface area contributed by atoms with Gasteiger partial charge in [0.1, 0.15) is 12.6 Å². The molecule has 0 aliphatic rings. The van der Waals surface area contributed by atoms with Crippen molar-refractivity contribution in [2.75, 3.05) is 17.1 Å². The third kappa shape index (κ3) is 7.56. The van der Waals surface area contributed by atoms with Crippen LogP contribution >= 0.6 is 15.9 Å². The van der Waals surface area contributed by atoms with Gasteiger partial charge in [-0.15, -0.1) is 0 Å². The lowest BCUT2D eigenvalue weighted by atomic mass is 10.1. The first kappa shape index (κ1) is 27.9. The minimum absolute atomic E-state index is 0.0395. The van der Waals surface area contributed by atoms with E-state index in [4.69, 9.17) is 0 Å². The molecule has 0 aromatic heterocycles. The van der Waals surface area contributed by atoms with Gasteiger partial charge in [0.25, 0.3) is 0 Å². The van der Waals surface area contributed by atoms with Gasteiger partial charge in [0.2, 0.25) is 21.8 Å². The molecule has 0 aliphatic carbocycles. The van der Waals surface area contributed by atoms with Crippen molar-refractivity contribution in [2.24, 2.45) is 0 Å². The van der Waals surface area contributed by atoms with E-state index in [0.29, 0.717) is 5.69 Å². The number of hydrogen-bond acceptors (Lipinski definition) is 4. The highest BCUT2D eigenvalue weighted by Gasteiger charge is 2.30. The second-order valence-electron chi connectivity index (χ2n) is 8.70. The Balaban J connectivity index is 2.41. The number of nitrogens with zero attached hydrogens (tertiary/aromatic N) is 2. The third-order valence-electron chi connectivity index (χ3n) is 5.73. The monoisotopic (exact) mass is 551 g/mol. The zero-order valence-corrected chi connectivity index (χ0v) is 23.0. The minimum atomic E-state index is -3.75. The Morgan fingerprint density at radius 3 is 2.21 bits per heavy atom. The van der Waals surface area contributed by atoms with Crippen LogP contribution in [0.25, 0.3) is 0 Å². The molecular formula is C25H34BrN3O4S. The maximum absolute atomic E-state index is 13.6. The Kier molecular flexibility index (Phi) is 9.70. The van der Waals surface area contributed by atoms with E-state index in [-0.39, 0.29) is 18.5 Å². The lowest BCUT2D eigenvalue weighted by Crippen LogP contribution is -2.52. The highest BCUT2D eigenvalue weighted by Crippen LogP contribution is 2.24. The molecule has 0 saturated carbocycles. The largest absolute Gasteiger partial charge is 0.352 e. The Morgan fingerprint density at radius 2 is 1.68 bits per heavy atom. The van der Waals surface area contributed by atoms with Gasteiger partial charge in [0.05, 0.1) is 11.9 Å². The van der Waals surface area contributed by atoms with Gasteiger partial charge < -0.3 is 10.2 Å². The van der Waals surface area contributed by atoms with E-state index in [9.17, 15) is 18.0 Å². The van der Waals surface area contributed by atoms with Gasteiger partial charge in [-0.1, -0.05) is 52.7 Å². The standard InChI is InChI=1S/C25H34BrN3O4S/c1-7-19(4)27-25(31)20(5)28(15-21-9-11-22(26)12-10-21)24(30)16-29(34(6,32)33)23-13-8-17(2)14-18(23)3/h8-14,19-20H,7,15-16H2,1-6H3,(H,27,31)/t19-,20+/m0/s1. The summed E-state index contributed by atoms with van der Waals surface area (Å²) in [7, 11) is -3.75. The average molecular weight is 553 g/mol. The first-order valence-corrected chi connectivity index (χ1v) is 13.9. The highest BCUT2D eigenvalue weighted by molar-refractivity contribution is 9.10. The first-order valence-electron chi connectivity index (χ1n) is 11.2. The van der Waals surface area contributed by atoms with Gasteiger partial charge in [-0.3, -0.25) is 13.9 Å². The van der Waals surface area contributed by atoms with Gasteiger partial charge in [-0.05, 0) is 63.4 Å². The number of rotatable bonds is 10. The van der Waals surface area contributed by atoms with Gasteiger partial charge in [-0.25, -0.2) is 8.42 Å².